The predicted molar refractivity (Wildman–Crippen MR) is 95.1 cm³/mol. The van der Waals surface area contributed by atoms with Gasteiger partial charge >= 0.3 is 0 Å². The summed E-state index contributed by atoms with van der Waals surface area (Å²) < 4.78 is 2.97. The summed E-state index contributed by atoms with van der Waals surface area (Å²) in [4.78, 5) is 11.0. The lowest BCUT2D eigenvalue weighted by atomic mass is 10.3. The van der Waals surface area contributed by atoms with Gasteiger partial charge in [0.25, 0.3) is 0 Å². The monoisotopic (exact) mass is 346 g/mol. The third-order valence-corrected chi connectivity index (χ3v) is 5.49. The van der Waals surface area contributed by atoms with Gasteiger partial charge < -0.3 is 4.40 Å². The van der Waals surface area contributed by atoms with E-state index in [1.807, 2.05) is 24.3 Å². The van der Waals surface area contributed by atoms with Crippen molar-refractivity contribution in [3.8, 4) is 0 Å². The highest BCUT2D eigenvalue weighted by molar-refractivity contribution is 7.16. The molecule has 1 aliphatic heterocycles. The maximum absolute atomic E-state index is 6.01. The highest BCUT2D eigenvalue weighted by Crippen LogP contribution is 2.23. The van der Waals surface area contributed by atoms with Crippen LogP contribution in [0.5, 0.6) is 0 Å². The number of hydrogen-bond donors (Lipinski definition) is 0. The summed E-state index contributed by atoms with van der Waals surface area (Å²) in [6.45, 7) is 6.33. The molecule has 0 amide bonds. The molecule has 0 spiro atoms. The molecule has 1 saturated heterocycles. The summed E-state index contributed by atoms with van der Waals surface area (Å²) in [6.07, 6.45) is 4.19. The van der Waals surface area contributed by atoms with Crippen LogP contribution < -0.4 is 0 Å². The SMILES string of the molecule is Clc1ccc(CN2CCN(Cc3cn4ccccc4n3)CC2)s1. The van der Waals surface area contributed by atoms with Crippen molar-refractivity contribution in [3.05, 3.63) is 57.6 Å². The number of thiophene rings is 1. The minimum atomic E-state index is 0.880. The zero-order valence-electron chi connectivity index (χ0n) is 12.9. The summed E-state index contributed by atoms with van der Waals surface area (Å²) in [6, 6.07) is 10.2. The fraction of sp³-hybridized carbons (Fsp3) is 0.353. The van der Waals surface area contributed by atoms with Crippen LogP contribution in [0.3, 0.4) is 0 Å². The molecule has 0 bridgehead atoms. The Hall–Kier alpha value is -1.40. The number of halogens is 1. The fourth-order valence-electron chi connectivity index (χ4n) is 3.06. The number of piperazine rings is 1. The second-order valence-electron chi connectivity index (χ2n) is 5.96. The first-order chi connectivity index (χ1) is 11.3. The number of hydrogen-bond acceptors (Lipinski definition) is 4. The third kappa shape index (κ3) is 3.58. The molecule has 0 aromatic carbocycles. The largest absolute Gasteiger partial charge is 0.307 e. The van der Waals surface area contributed by atoms with Gasteiger partial charge in [0.15, 0.2) is 0 Å². The van der Waals surface area contributed by atoms with Gasteiger partial charge in [0.2, 0.25) is 0 Å². The first-order valence-electron chi connectivity index (χ1n) is 7.88. The number of imidazole rings is 1. The molecule has 3 aromatic rings. The average Bonchev–Trinajstić information content (AvgIpc) is 3.14. The molecule has 120 valence electrons. The van der Waals surface area contributed by atoms with E-state index in [9.17, 15) is 0 Å². The Morgan fingerprint density at radius 1 is 1.00 bits per heavy atom. The fourth-order valence-corrected chi connectivity index (χ4v) is 4.19. The number of fused-ring (bicyclic) bond motifs is 1. The first-order valence-corrected chi connectivity index (χ1v) is 9.07. The number of aromatic nitrogens is 2. The van der Waals surface area contributed by atoms with E-state index in [2.05, 4.69) is 32.7 Å². The molecule has 4 nitrogen and oxygen atoms in total. The van der Waals surface area contributed by atoms with Crippen LogP contribution in [-0.2, 0) is 13.1 Å². The normalized spacial score (nSPS) is 17.1. The standard InChI is InChI=1S/C17H19ClN4S/c18-16-5-4-15(23-16)13-21-9-7-20(8-10-21)11-14-12-22-6-2-1-3-17(22)19-14/h1-6,12H,7-11,13H2. The van der Waals surface area contributed by atoms with Gasteiger partial charge in [-0.1, -0.05) is 17.7 Å². The highest BCUT2D eigenvalue weighted by atomic mass is 35.5. The minimum absolute atomic E-state index is 0.880. The number of rotatable bonds is 4. The van der Waals surface area contributed by atoms with Crippen LogP contribution in [0, 0.1) is 0 Å². The van der Waals surface area contributed by atoms with Gasteiger partial charge in [0.05, 0.1) is 10.0 Å². The van der Waals surface area contributed by atoms with Gasteiger partial charge in [-0.2, -0.15) is 0 Å². The van der Waals surface area contributed by atoms with Crippen molar-refractivity contribution in [3.63, 3.8) is 0 Å². The second kappa shape index (κ2) is 6.61. The second-order valence-corrected chi connectivity index (χ2v) is 7.76. The molecule has 0 N–H and O–H groups in total. The summed E-state index contributed by atoms with van der Waals surface area (Å²) in [7, 11) is 0. The molecular weight excluding hydrogens is 328 g/mol. The van der Waals surface area contributed by atoms with Crippen molar-refractivity contribution >= 4 is 28.6 Å². The van der Waals surface area contributed by atoms with Crippen LogP contribution in [0.1, 0.15) is 10.6 Å². The molecule has 23 heavy (non-hydrogen) atoms. The van der Waals surface area contributed by atoms with Crippen LogP contribution in [0.25, 0.3) is 5.65 Å². The van der Waals surface area contributed by atoms with Crippen molar-refractivity contribution in [2.45, 2.75) is 13.1 Å². The summed E-state index contributed by atoms with van der Waals surface area (Å²) in [5.41, 5.74) is 2.17. The number of nitrogens with zero attached hydrogens (tertiary/aromatic N) is 4. The highest BCUT2D eigenvalue weighted by Gasteiger charge is 2.18. The molecule has 1 aliphatic rings. The number of pyridine rings is 1. The van der Waals surface area contributed by atoms with E-state index in [-0.39, 0.29) is 0 Å². The molecule has 4 rings (SSSR count). The van der Waals surface area contributed by atoms with E-state index in [0.29, 0.717) is 0 Å². The van der Waals surface area contributed by atoms with Gasteiger partial charge in [0.1, 0.15) is 5.65 Å². The maximum Gasteiger partial charge on any atom is 0.137 e. The van der Waals surface area contributed by atoms with Crippen LogP contribution in [-0.4, -0.2) is 45.4 Å². The van der Waals surface area contributed by atoms with Crippen molar-refractivity contribution in [2.24, 2.45) is 0 Å². The average molecular weight is 347 g/mol. The van der Waals surface area contributed by atoms with E-state index in [0.717, 1.165) is 54.9 Å². The quantitative estimate of drug-likeness (QED) is 0.723. The van der Waals surface area contributed by atoms with Crippen molar-refractivity contribution < 1.29 is 0 Å². The van der Waals surface area contributed by atoms with Crippen molar-refractivity contribution in [2.75, 3.05) is 26.2 Å². The minimum Gasteiger partial charge on any atom is -0.307 e. The van der Waals surface area contributed by atoms with Gasteiger partial charge in [-0.05, 0) is 24.3 Å². The lowest BCUT2D eigenvalue weighted by Crippen LogP contribution is -2.45. The van der Waals surface area contributed by atoms with Crippen molar-refractivity contribution in [1.82, 2.24) is 19.2 Å². The Morgan fingerprint density at radius 2 is 1.78 bits per heavy atom. The zero-order valence-corrected chi connectivity index (χ0v) is 14.4. The van der Waals surface area contributed by atoms with Gasteiger partial charge in [-0.15, -0.1) is 11.3 Å². The lowest BCUT2D eigenvalue weighted by Gasteiger charge is -2.34. The molecule has 6 heteroatoms. The Bertz CT molecular complexity index is 756. The topological polar surface area (TPSA) is 23.8 Å². The molecule has 0 radical (unpaired) electrons. The molecule has 0 saturated carbocycles. The molecule has 3 aromatic heterocycles. The molecular formula is C17H19ClN4S. The Balaban J connectivity index is 1.32. The maximum atomic E-state index is 6.01. The Labute approximate surface area is 144 Å². The van der Waals surface area contributed by atoms with Gasteiger partial charge in [-0.3, -0.25) is 9.80 Å². The van der Waals surface area contributed by atoms with Crippen LogP contribution in [0.15, 0.2) is 42.7 Å². The summed E-state index contributed by atoms with van der Waals surface area (Å²) >= 11 is 7.69. The Morgan fingerprint density at radius 3 is 2.48 bits per heavy atom. The molecule has 0 atom stereocenters. The molecule has 0 aliphatic carbocycles. The Kier molecular flexibility index (Phi) is 4.35. The summed E-state index contributed by atoms with van der Waals surface area (Å²) in [5.74, 6) is 0. The van der Waals surface area contributed by atoms with E-state index in [1.54, 1.807) is 11.3 Å². The van der Waals surface area contributed by atoms with Gasteiger partial charge in [0, 0.05) is 56.5 Å². The van der Waals surface area contributed by atoms with E-state index in [1.165, 1.54) is 4.88 Å². The third-order valence-electron chi connectivity index (χ3n) is 4.27. The predicted octanol–water partition coefficient (Wildman–Crippen LogP) is 3.37. The van der Waals surface area contributed by atoms with Crippen molar-refractivity contribution in [1.29, 1.82) is 0 Å². The van der Waals surface area contributed by atoms with E-state index >= 15 is 0 Å². The molecule has 4 heterocycles. The van der Waals surface area contributed by atoms with Crippen LogP contribution >= 0.6 is 22.9 Å². The smallest absolute Gasteiger partial charge is 0.137 e. The molecule has 0 unspecified atom stereocenters. The van der Waals surface area contributed by atoms with E-state index < -0.39 is 0 Å². The molecule has 1 fully saturated rings. The van der Waals surface area contributed by atoms with Crippen LogP contribution in [0.2, 0.25) is 4.34 Å². The van der Waals surface area contributed by atoms with Crippen LogP contribution in [0.4, 0.5) is 0 Å². The van der Waals surface area contributed by atoms with E-state index in [4.69, 9.17) is 16.6 Å². The zero-order chi connectivity index (χ0) is 15.6. The first kappa shape index (κ1) is 15.1. The summed E-state index contributed by atoms with van der Waals surface area (Å²) in [5, 5.41) is 0. The van der Waals surface area contributed by atoms with Gasteiger partial charge in [-0.25, -0.2) is 4.98 Å². The lowest BCUT2D eigenvalue weighted by molar-refractivity contribution is 0.122.